The molecule has 0 amide bonds. The third-order valence-corrected chi connectivity index (χ3v) is 4.20. The van der Waals surface area contributed by atoms with Crippen LogP contribution < -0.4 is 5.32 Å². The summed E-state index contributed by atoms with van der Waals surface area (Å²) >= 11 is 0. The Labute approximate surface area is 131 Å². The number of aromatic nitrogens is 1. The van der Waals surface area contributed by atoms with Crippen molar-refractivity contribution in [2.45, 2.75) is 19.1 Å². The van der Waals surface area contributed by atoms with Gasteiger partial charge in [0.1, 0.15) is 6.04 Å². The van der Waals surface area contributed by atoms with Gasteiger partial charge in [-0.25, -0.2) is 0 Å². The van der Waals surface area contributed by atoms with E-state index < -0.39 is 12.2 Å². The van der Waals surface area contributed by atoms with Gasteiger partial charge in [0.15, 0.2) is 0 Å². The largest absolute Gasteiger partial charge is 0.408 e. The topological polar surface area (TPSA) is 37.3 Å². The number of benzene rings is 1. The third kappa shape index (κ3) is 2.98. The first-order valence-corrected chi connectivity index (χ1v) is 7.52. The van der Waals surface area contributed by atoms with Crippen molar-refractivity contribution >= 4 is 16.8 Å². The number of hydrogen-bond acceptors (Lipinski definition) is 3. The van der Waals surface area contributed by atoms with E-state index >= 15 is 0 Å². The fourth-order valence-electron chi connectivity index (χ4n) is 3.20. The van der Waals surface area contributed by atoms with Crippen LogP contribution in [0.5, 0.6) is 0 Å². The second-order valence-electron chi connectivity index (χ2n) is 5.72. The molecule has 3 rings (SSSR count). The Hall–Kier alpha value is -1.86. The molecule has 1 fully saturated rings. The van der Waals surface area contributed by atoms with Crippen LogP contribution in [-0.2, 0) is 0 Å². The lowest BCUT2D eigenvalue weighted by molar-refractivity contribution is -0.187. The minimum atomic E-state index is -4.40. The smallest absolute Gasteiger partial charge is 0.314 e. The molecule has 0 aliphatic carbocycles. The molecular weight excluding hydrogens is 307 g/mol. The van der Waals surface area contributed by atoms with Crippen molar-refractivity contribution in [2.75, 3.05) is 26.2 Å². The first kappa shape index (κ1) is 16.0. The van der Waals surface area contributed by atoms with Gasteiger partial charge in [-0.3, -0.25) is 14.3 Å². The number of rotatable bonds is 2. The molecule has 0 radical (unpaired) electrons. The van der Waals surface area contributed by atoms with Gasteiger partial charge in [-0.15, -0.1) is 0 Å². The highest BCUT2D eigenvalue weighted by Crippen LogP contribution is 2.41. The maximum Gasteiger partial charge on any atom is 0.408 e. The summed E-state index contributed by atoms with van der Waals surface area (Å²) in [6.07, 6.45) is -3.06. The van der Waals surface area contributed by atoms with E-state index in [0.717, 1.165) is 0 Å². The Morgan fingerprint density at radius 3 is 2.48 bits per heavy atom. The number of alkyl halides is 3. The highest BCUT2D eigenvalue weighted by molar-refractivity contribution is 5.93. The van der Waals surface area contributed by atoms with Gasteiger partial charge < -0.3 is 5.32 Å². The summed E-state index contributed by atoms with van der Waals surface area (Å²) in [5.74, 6) is -0.298. The molecule has 1 saturated heterocycles. The molecule has 124 valence electrons. The number of para-hydroxylation sites is 1. The molecule has 23 heavy (non-hydrogen) atoms. The Bertz CT molecular complexity index is 717. The maximum absolute atomic E-state index is 13.8. The first-order valence-electron chi connectivity index (χ1n) is 7.52. The molecule has 1 aliphatic rings. The molecule has 1 aliphatic heterocycles. The van der Waals surface area contributed by atoms with Crippen LogP contribution in [0.2, 0.25) is 0 Å². The second kappa shape index (κ2) is 5.98. The fraction of sp³-hybridized carbons (Fsp3) is 0.438. The predicted molar refractivity (Wildman–Crippen MR) is 81.5 cm³/mol. The molecule has 7 heteroatoms. The molecule has 0 saturated carbocycles. The number of piperazine rings is 1. The Kier molecular flexibility index (Phi) is 4.16. The normalized spacial score (nSPS) is 18.3. The molecule has 0 bridgehead atoms. The standard InChI is InChI=1S/C16H18F3N3O/c1-11(23)22-10-13(12-4-2-3-5-14(12)22)15(16(17,18)19)21-8-6-20-7-9-21/h2-5,10,15,20H,6-9H2,1H3/t15-/m0/s1. The molecule has 1 aromatic carbocycles. The van der Waals surface area contributed by atoms with E-state index in [9.17, 15) is 18.0 Å². The zero-order valence-electron chi connectivity index (χ0n) is 12.7. The zero-order chi connectivity index (χ0) is 16.6. The van der Waals surface area contributed by atoms with Crippen LogP contribution in [0, 0.1) is 0 Å². The van der Waals surface area contributed by atoms with Crippen LogP contribution in [0.3, 0.4) is 0 Å². The first-order chi connectivity index (χ1) is 10.9. The van der Waals surface area contributed by atoms with E-state index in [1.807, 2.05) is 0 Å². The van der Waals surface area contributed by atoms with Gasteiger partial charge >= 0.3 is 6.18 Å². The molecule has 1 aromatic heterocycles. The lowest BCUT2D eigenvalue weighted by Crippen LogP contribution is -2.49. The quantitative estimate of drug-likeness (QED) is 0.922. The van der Waals surface area contributed by atoms with Crippen LogP contribution >= 0.6 is 0 Å². The van der Waals surface area contributed by atoms with E-state index in [0.29, 0.717) is 37.1 Å². The summed E-state index contributed by atoms with van der Waals surface area (Å²) in [7, 11) is 0. The summed E-state index contributed by atoms with van der Waals surface area (Å²) in [5, 5.41) is 3.54. The highest BCUT2D eigenvalue weighted by atomic mass is 19.4. The number of nitrogens with one attached hydrogen (secondary N) is 1. The SMILES string of the molecule is CC(=O)n1cc([C@H](N2CCNCC2)C(F)(F)F)c2ccccc21. The van der Waals surface area contributed by atoms with Gasteiger partial charge in [-0.05, 0) is 6.07 Å². The van der Waals surface area contributed by atoms with Crippen molar-refractivity contribution in [1.82, 2.24) is 14.8 Å². The lowest BCUT2D eigenvalue weighted by atomic mass is 10.0. The molecule has 2 aromatic rings. The minimum absolute atomic E-state index is 0.144. The second-order valence-corrected chi connectivity index (χ2v) is 5.72. The summed E-state index contributed by atoms with van der Waals surface area (Å²) in [6, 6.07) is 5.03. The maximum atomic E-state index is 13.8. The summed E-state index contributed by atoms with van der Waals surface area (Å²) in [4.78, 5) is 13.2. The van der Waals surface area contributed by atoms with Crippen LogP contribution in [-0.4, -0.2) is 47.7 Å². The van der Waals surface area contributed by atoms with Gasteiger partial charge in [0, 0.05) is 50.2 Å². The molecule has 2 heterocycles. The highest BCUT2D eigenvalue weighted by Gasteiger charge is 2.46. The number of halogens is 3. The lowest BCUT2D eigenvalue weighted by Gasteiger charge is -2.35. The van der Waals surface area contributed by atoms with Crippen LogP contribution in [0.4, 0.5) is 13.2 Å². The van der Waals surface area contributed by atoms with Crippen molar-refractivity contribution < 1.29 is 18.0 Å². The average molecular weight is 325 g/mol. The van der Waals surface area contributed by atoms with E-state index in [-0.39, 0.29) is 11.5 Å². The van der Waals surface area contributed by atoms with E-state index in [1.54, 1.807) is 24.3 Å². The number of hydrogen-bond donors (Lipinski definition) is 1. The monoisotopic (exact) mass is 325 g/mol. The van der Waals surface area contributed by atoms with Gasteiger partial charge in [0.25, 0.3) is 0 Å². The number of carbonyl (C=O) groups is 1. The van der Waals surface area contributed by atoms with Crippen LogP contribution in [0.1, 0.15) is 23.3 Å². The summed E-state index contributed by atoms with van der Waals surface area (Å²) in [6.45, 7) is 3.05. The van der Waals surface area contributed by atoms with Gasteiger partial charge in [0.2, 0.25) is 5.91 Å². The summed E-state index contributed by atoms with van der Waals surface area (Å²) < 4.78 is 42.6. The van der Waals surface area contributed by atoms with Crippen molar-refractivity contribution in [2.24, 2.45) is 0 Å². The number of carbonyl (C=O) groups excluding carboxylic acids is 1. The number of nitrogens with zero attached hydrogens (tertiary/aromatic N) is 2. The average Bonchev–Trinajstić information content (AvgIpc) is 2.87. The summed E-state index contributed by atoms with van der Waals surface area (Å²) in [5.41, 5.74) is 0.657. The molecule has 1 atom stereocenters. The van der Waals surface area contributed by atoms with Gasteiger partial charge in [-0.2, -0.15) is 13.2 Å². The van der Waals surface area contributed by atoms with Crippen molar-refractivity contribution in [1.29, 1.82) is 0 Å². The van der Waals surface area contributed by atoms with E-state index in [4.69, 9.17) is 0 Å². The van der Waals surface area contributed by atoms with E-state index in [2.05, 4.69) is 5.32 Å². The van der Waals surface area contributed by atoms with Crippen molar-refractivity contribution in [3.8, 4) is 0 Å². The third-order valence-electron chi connectivity index (χ3n) is 4.20. The molecule has 1 N–H and O–H groups in total. The molecule has 4 nitrogen and oxygen atoms in total. The Morgan fingerprint density at radius 2 is 1.87 bits per heavy atom. The Morgan fingerprint density at radius 1 is 1.22 bits per heavy atom. The molecule has 0 unspecified atom stereocenters. The molecular formula is C16H18F3N3O. The van der Waals surface area contributed by atoms with Crippen molar-refractivity contribution in [3.63, 3.8) is 0 Å². The van der Waals surface area contributed by atoms with Crippen LogP contribution in [0.25, 0.3) is 10.9 Å². The zero-order valence-corrected chi connectivity index (χ0v) is 12.7. The molecule has 0 spiro atoms. The van der Waals surface area contributed by atoms with Crippen LogP contribution in [0.15, 0.2) is 30.5 Å². The Balaban J connectivity index is 2.16. The predicted octanol–water partition coefficient (Wildman–Crippen LogP) is 2.81. The minimum Gasteiger partial charge on any atom is -0.314 e. The fourth-order valence-corrected chi connectivity index (χ4v) is 3.20. The van der Waals surface area contributed by atoms with Gasteiger partial charge in [0.05, 0.1) is 5.52 Å². The van der Waals surface area contributed by atoms with Gasteiger partial charge in [-0.1, -0.05) is 18.2 Å². The number of fused-ring (bicyclic) bond motifs is 1. The van der Waals surface area contributed by atoms with Crippen molar-refractivity contribution in [3.05, 3.63) is 36.0 Å². The van der Waals surface area contributed by atoms with E-state index in [1.165, 1.54) is 22.6 Å².